The van der Waals surface area contributed by atoms with Crippen LogP contribution in [-0.2, 0) is 20.9 Å². The molecule has 0 aliphatic carbocycles. The Labute approximate surface area is 139 Å². The van der Waals surface area contributed by atoms with Crippen LogP contribution in [0.25, 0.3) is 0 Å². The second-order valence-corrected chi connectivity index (χ2v) is 5.84. The highest BCUT2D eigenvalue weighted by Gasteiger charge is 2.53. The molecule has 9 heteroatoms. The average Bonchev–Trinajstić information content (AvgIpc) is 3.03. The van der Waals surface area contributed by atoms with Gasteiger partial charge in [-0.15, -0.1) is 0 Å². The summed E-state index contributed by atoms with van der Waals surface area (Å²) >= 11 is 0. The molecule has 0 N–H and O–H groups in total. The van der Waals surface area contributed by atoms with Crippen LogP contribution in [0.5, 0.6) is 0 Å². The highest BCUT2D eigenvalue weighted by atomic mass is 16.5. The fourth-order valence-corrected chi connectivity index (χ4v) is 3.11. The van der Waals surface area contributed by atoms with Crippen molar-refractivity contribution in [2.45, 2.75) is 33.4 Å². The smallest absolute Gasteiger partial charge is 0.402 e. The van der Waals surface area contributed by atoms with E-state index in [0.29, 0.717) is 18.4 Å². The lowest BCUT2D eigenvalue weighted by Crippen LogP contribution is -2.56. The minimum Gasteiger partial charge on any atom is -0.464 e. The summed E-state index contributed by atoms with van der Waals surface area (Å²) in [5, 5.41) is 0. The lowest BCUT2D eigenvalue weighted by molar-refractivity contribution is -0.678. The number of aliphatic imine (C=N–C) groups is 1. The molecule has 3 amide bonds. The van der Waals surface area contributed by atoms with E-state index in [1.54, 1.807) is 23.1 Å². The van der Waals surface area contributed by atoms with Crippen LogP contribution < -0.4 is 4.57 Å². The summed E-state index contributed by atoms with van der Waals surface area (Å²) in [4.78, 5) is 43.5. The Morgan fingerprint density at radius 1 is 1.25 bits per heavy atom. The van der Waals surface area contributed by atoms with Crippen molar-refractivity contribution in [2.24, 2.45) is 4.99 Å². The number of carbonyl (C=O) groups is 3. The van der Waals surface area contributed by atoms with Gasteiger partial charge in [-0.3, -0.25) is 14.6 Å². The van der Waals surface area contributed by atoms with Crippen molar-refractivity contribution in [3.05, 3.63) is 11.4 Å². The molecule has 0 radical (unpaired) electrons. The van der Waals surface area contributed by atoms with Crippen LogP contribution in [0.4, 0.5) is 10.7 Å². The van der Waals surface area contributed by atoms with Crippen molar-refractivity contribution in [3.8, 4) is 0 Å². The zero-order chi connectivity index (χ0) is 17.8. The first-order valence-corrected chi connectivity index (χ1v) is 7.70. The Morgan fingerprint density at radius 3 is 2.54 bits per heavy atom. The number of amides is 3. The third-order valence-electron chi connectivity index (χ3n) is 4.54. The molecule has 0 bridgehead atoms. The molecule has 0 saturated carbocycles. The molecule has 24 heavy (non-hydrogen) atoms. The second kappa shape index (κ2) is 5.43. The lowest BCUT2D eigenvalue weighted by Gasteiger charge is -2.30. The normalized spacial score (nSPS) is 19.4. The van der Waals surface area contributed by atoms with Gasteiger partial charge in [-0.25, -0.2) is 18.7 Å². The number of imide groups is 1. The third kappa shape index (κ3) is 2.04. The number of esters is 1. The SMILES string of the molecule is CCOC(=O)C[n+]1c(C)c(C)n2c1N=C1C2C(=O)N(C)C(=O)N1C. The van der Waals surface area contributed by atoms with E-state index in [9.17, 15) is 14.4 Å². The van der Waals surface area contributed by atoms with Crippen molar-refractivity contribution in [2.75, 3.05) is 20.7 Å². The summed E-state index contributed by atoms with van der Waals surface area (Å²) in [6, 6.07) is -1.11. The monoisotopic (exact) mass is 334 g/mol. The van der Waals surface area contributed by atoms with Gasteiger partial charge >= 0.3 is 17.9 Å². The number of aromatic nitrogens is 2. The topological polar surface area (TPSA) is 88.1 Å². The van der Waals surface area contributed by atoms with E-state index in [1.807, 2.05) is 13.8 Å². The number of urea groups is 1. The van der Waals surface area contributed by atoms with Gasteiger partial charge in [-0.2, -0.15) is 0 Å². The number of hydrogen-bond acceptors (Lipinski definition) is 5. The van der Waals surface area contributed by atoms with Crippen molar-refractivity contribution < 1.29 is 23.7 Å². The molecule has 2 aliphatic heterocycles. The molecule has 3 rings (SSSR count). The number of likely N-dealkylation sites (N-methyl/N-ethyl adjacent to an activating group) is 2. The molecular weight excluding hydrogens is 314 g/mol. The fraction of sp³-hybridized carbons (Fsp3) is 0.533. The molecule has 1 saturated heterocycles. The van der Waals surface area contributed by atoms with Gasteiger partial charge in [-0.1, -0.05) is 4.99 Å². The summed E-state index contributed by atoms with van der Waals surface area (Å²) in [6.45, 7) is 5.78. The van der Waals surface area contributed by atoms with E-state index in [2.05, 4.69) is 4.99 Å². The standard InChI is InChI=1S/C15H20N5O4/c1-6-24-10(21)7-19-8(2)9(3)20-11-12(16-14(19)20)17(4)15(23)18(5)13(11)22/h11H,6-7H2,1-5H3/q+1. The van der Waals surface area contributed by atoms with E-state index in [0.717, 1.165) is 16.3 Å². The van der Waals surface area contributed by atoms with Crippen LogP contribution in [0, 0.1) is 13.8 Å². The van der Waals surface area contributed by atoms with E-state index < -0.39 is 12.1 Å². The summed E-state index contributed by atoms with van der Waals surface area (Å²) in [6.07, 6.45) is 0. The van der Waals surface area contributed by atoms with Gasteiger partial charge in [0.15, 0.2) is 6.54 Å². The molecule has 0 aromatic carbocycles. The van der Waals surface area contributed by atoms with Crippen LogP contribution in [-0.4, -0.2) is 58.8 Å². The zero-order valence-electron chi connectivity index (χ0n) is 14.4. The predicted molar refractivity (Wildman–Crippen MR) is 82.8 cm³/mol. The highest BCUT2D eigenvalue weighted by molar-refractivity contribution is 6.20. The quantitative estimate of drug-likeness (QED) is 0.578. The predicted octanol–water partition coefficient (Wildman–Crippen LogP) is 0.0640. The number of nitrogens with zero attached hydrogens (tertiary/aromatic N) is 5. The minimum atomic E-state index is -0.685. The van der Waals surface area contributed by atoms with Gasteiger partial charge < -0.3 is 4.74 Å². The number of amidine groups is 1. The number of hydrogen-bond donors (Lipinski definition) is 0. The summed E-state index contributed by atoms with van der Waals surface area (Å²) in [7, 11) is 3.04. The fourth-order valence-electron chi connectivity index (χ4n) is 3.11. The molecule has 1 aromatic rings. The van der Waals surface area contributed by atoms with Crippen LogP contribution in [0.15, 0.2) is 4.99 Å². The maximum absolute atomic E-state index is 12.6. The summed E-state index contributed by atoms with van der Waals surface area (Å²) in [5.41, 5.74) is 1.65. The van der Waals surface area contributed by atoms with E-state index in [4.69, 9.17) is 4.74 Å². The van der Waals surface area contributed by atoms with Gasteiger partial charge in [0.05, 0.1) is 6.61 Å². The lowest BCUT2D eigenvalue weighted by atomic mass is 10.1. The number of fused-ring (bicyclic) bond motifs is 3. The van der Waals surface area contributed by atoms with Crippen molar-refractivity contribution >= 4 is 29.7 Å². The Morgan fingerprint density at radius 2 is 1.92 bits per heavy atom. The summed E-state index contributed by atoms with van der Waals surface area (Å²) in [5.74, 6) is 0.138. The van der Waals surface area contributed by atoms with E-state index >= 15 is 0 Å². The average molecular weight is 334 g/mol. The van der Waals surface area contributed by atoms with E-state index in [1.165, 1.54) is 11.9 Å². The highest BCUT2D eigenvalue weighted by Crippen LogP contribution is 2.34. The van der Waals surface area contributed by atoms with Crippen molar-refractivity contribution in [3.63, 3.8) is 0 Å². The number of rotatable bonds is 3. The maximum atomic E-state index is 12.6. The molecule has 1 unspecified atom stereocenters. The molecule has 1 fully saturated rings. The third-order valence-corrected chi connectivity index (χ3v) is 4.54. The molecule has 3 heterocycles. The largest absolute Gasteiger partial charge is 0.464 e. The van der Waals surface area contributed by atoms with E-state index in [-0.39, 0.29) is 18.4 Å². The van der Waals surface area contributed by atoms with Crippen LogP contribution in [0.2, 0.25) is 0 Å². The maximum Gasteiger partial charge on any atom is 0.402 e. The van der Waals surface area contributed by atoms with Gasteiger partial charge in [0.1, 0.15) is 11.4 Å². The van der Waals surface area contributed by atoms with Crippen LogP contribution in [0.1, 0.15) is 24.4 Å². The molecular formula is C15H20N5O4+. The zero-order valence-corrected chi connectivity index (χ0v) is 14.4. The molecule has 0 spiro atoms. The first kappa shape index (κ1) is 16.2. The molecule has 1 aromatic heterocycles. The Bertz CT molecular complexity index is 794. The number of imidazole rings is 1. The molecule has 2 aliphatic rings. The van der Waals surface area contributed by atoms with Gasteiger partial charge in [0, 0.05) is 14.1 Å². The summed E-state index contributed by atoms with van der Waals surface area (Å²) < 4.78 is 8.49. The molecule has 1 atom stereocenters. The first-order chi connectivity index (χ1) is 11.3. The van der Waals surface area contributed by atoms with Crippen LogP contribution in [0.3, 0.4) is 0 Å². The Balaban J connectivity index is 2.11. The Hall–Kier alpha value is -2.71. The molecule has 128 valence electrons. The molecule has 9 nitrogen and oxygen atoms in total. The van der Waals surface area contributed by atoms with Gasteiger partial charge in [-0.05, 0) is 20.8 Å². The van der Waals surface area contributed by atoms with Crippen molar-refractivity contribution in [1.29, 1.82) is 0 Å². The first-order valence-electron chi connectivity index (χ1n) is 7.70. The van der Waals surface area contributed by atoms with Gasteiger partial charge in [0.2, 0.25) is 11.9 Å². The van der Waals surface area contributed by atoms with Crippen molar-refractivity contribution in [1.82, 2.24) is 14.4 Å². The van der Waals surface area contributed by atoms with Crippen LogP contribution >= 0.6 is 0 Å². The Kier molecular flexibility index (Phi) is 3.66. The minimum absolute atomic E-state index is 0.00797. The number of ether oxygens (including phenoxy) is 1. The second-order valence-electron chi connectivity index (χ2n) is 5.84. The van der Waals surface area contributed by atoms with Gasteiger partial charge in [0.25, 0.3) is 5.91 Å². The number of carbonyl (C=O) groups excluding carboxylic acids is 3.